The molecule has 0 N–H and O–H groups in total. The summed E-state index contributed by atoms with van der Waals surface area (Å²) in [5, 5.41) is 10.5. The highest BCUT2D eigenvalue weighted by Crippen LogP contribution is 2.28. The minimum atomic E-state index is -3.78. The molecule has 6 nitrogen and oxygen atoms in total. The number of benzene rings is 1. The maximum atomic E-state index is 13.5. The van der Waals surface area contributed by atoms with E-state index in [1.165, 1.54) is 4.31 Å². The van der Waals surface area contributed by atoms with Crippen molar-refractivity contribution in [3.63, 3.8) is 0 Å². The van der Waals surface area contributed by atoms with Gasteiger partial charge in [-0.3, -0.25) is 10.1 Å². The van der Waals surface area contributed by atoms with Gasteiger partial charge in [0.05, 0.1) is 9.82 Å². The lowest BCUT2D eigenvalue weighted by atomic mass is 10.3. The Bertz CT molecular complexity index is 617. The molecule has 2 rings (SSSR count). The zero-order valence-electron chi connectivity index (χ0n) is 10.2. The van der Waals surface area contributed by atoms with Crippen LogP contribution in [0.5, 0.6) is 0 Å². The van der Waals surface area contributed by atoms with Gasteiger partial charge in [0.25, 0.3) is 0 Å². The van der Waals surface area contributed by atoms with Crippen LogP contribution in [0.2, 0.25) is 0 Å². The molecule has 1 aromatic rings. The van der Waals surface area contributed by atoms with Crippen LogP contribution in [0.3, 0.4) is 0 Å². The van der Waals surface area contributed by atoms with Crippen molar-refractivity contribution in [3.8, 4) is 0 Å². The highest BCUT2D eigenvalue weighted by atomic mass is 32.2. The Balaban J connectivity index is 2.42. The summed E-state index contributed by atoms with van der Waals surface area (Å²) in [5.41, 5.74) is -0.728. The summed E-state index contributed by atoms with van der Waals surface area (Å²) in [7, 11) is -3.78. The predicted molar refractivity (Wildman–Crippen MR) is 65.6 cm³/mol. The first kappa shape index (κ1) is 13.9. The Morgan fingerprint density at radius 3 is 2.63 bits per heavy atom. The normalized spacial score (nSPS) is 20.6. The molecule has 1 unspecified atom stereocenters. The molecule has 1 atom stereocenters. The minimum Gasteiger partial charge on any atom is -0.258 e. The Morgan fingerprint density at radius 2 is 2.16 bits per heavy atom. The number of nitro benzene ring substituents is 1. The van der Waals surface area contributed by atoms with Crippen LogP contribution in [0, 0.1) is 15.9 Å². The summed E-state index contributed by atoms with van der Waals surface area (Å²) >= 11 is 0. The molecule has 104 valence electrons. The third kappa shape index (κ3) is 2.45. The van der Waals surface area contributed by atoms with Crippen molar-refractivity contribution in [2.75, 3.05) is 6.54 Å². The van der Waals surface area contributed by atoms with Gasteiger partial charge in [0.15, 0.2) is 0 Å². The van der Waals surface area contributed by atoms with Crippen LogP contribution in [0.25, 0.3) is 0 Å². The molecule has 1 aliphatic rings. The van der Waals surface area contributed by atoms with Crippen LogP contribution in [-0.4, -0.2) is 30.2 Å². The lowest BCUT2D eigenvalue weighted by molar-refractivity contribution is -0.387. The van der Waals surface area contributed by atoms with Gasteiger partial charge in [0.1, 0.15) is 0 Å². The number of hydrogen-bond acceptors (Lipinski definition) is 4. The molecule has 0 amide bonds. The molecule has 1 aromatic carbocycles. The zero-order valence-corrected chi connectivity index (χ0v) is 11.1. The second kappa shape index (κ2) is 4.86. The number of hydrogen-bond donors (Lipinski definition) is 0. The van der Waals surface area contributed by atoms with E-state index in [9.17, 15) is 22.9 Å². The van der Waals surface area contributed by atoms with Crippen LogP contribution in [0.1, 0.15) is 19.8 Å². The van der Waals surface area contributed by atoms with Crippen molar-refractivity contribution in [1.82, 2.24) is 4.31 Å². The van der Waals surface area contributed by atoms with Crippen LogP contribution < -0.4 is 0 Å². The van der Waals surface area contributed by atoms with Crippen molar-refractivity contribution in [1.29, 1.82) is 0 Å². The summed E-state index contributed by atoms with van der Waals surface area (Å²) in [6.07, 6.45) is 1.52. The van der Waals surface area contributed by atoms with Crippen molar-refractivity contribution in [2.45, 2.75) is 30.7 Å². The fourth-order valence-electron chi connectivity index (χ4n) is 2.20. The van der Waals surface area contributed by atoms with E-state index in [1.54, 1.807) is 6.92 Å². The third-order valence-corrected chi connectivity index (χ3v) is 5.22. The second-order valence-corrected chi connectivity index (χ2v) is 6.37. The minimum absolute atomic E-state index is 0.136. The first-order chi connectivity index (χ1) is 8.84. The molecule has 19 heavy (non-hydrogen) atoms. The summed E-state index contributed by atoms with van der Waals surface area (Å²) in [5.74, 6) is -1.14. The molecule has 0 saturated carbocycles. The first-order valence-corrected chi connectivity index (χ1v) is 7.24. The third-order valence-electron chi connectivity index (χ3n) is 3.21. The number of rotatable bonds is 3. The number of sulfonamides is 1. The standard InChI is InChI=1S/C11H13FN2O4S/c1-8-3-2-6-13(8)19(17,18)9-4-5-11(14(15)16)10(12)7-9/h4-5,7-8H,2-3,6H2,1H3. The number of nitro groups is 1. The van der Waals surface area contributed by atoms with Gasteiger partial charge in [-0.1, -0.05) is 0 Å². The van der Waals surface area contributed by atoms with Crippen molar-refractivity contribution >= 4 is 15.7 Å². The molecule has 0 bridgehead atoms. The highest BCUT2D eigenvalue weighted by Gasteiger charge is 2.33. The second-order valence-electron chi connectivity index (χ2n) is 4.48. The SMILES string of the molecule is CC1CCCN1S(=O)(=O)c1ccc([N+](=O)[O-])c(F)c1. The predicted octanol–water partition coefficient (Wildman–Crippen LogP) is 1.91. The maximum absolute atomic E-state index is 13.5. The zero-order chi connectivity index (χ0) is 14.2. The lowest BCUT2D eigenvalue weighted by Crippen LogP contribution is -2.33. The molecule has 0 aromatic heterocycles. The van der Waals surface area contributed by atoms with E-state index >= 15 is 0 Å². The molecule has 0 aliphatic carbocycles. The van der Waals surface area contributed by atoms with Gasteiger partial charge in [0, 0.05) is 24.7 Å². The monoisotopic (exact) mass is 288 g/mol. The average molecular weight is 288 g/mol. The van der Waals surface area contributed by atoms with E-state index in [4.69, 9.17) is 0 Å². The summed E-state index contributed by atoms with van der Waals surface area (Å²) in [4.78, 5) is 9.37. The van der Waals surface area contributed by atoms with Crippen LogP contribution in [-0.2, 0) is 10.0 Å². The van der Waals surface area contributed by atoms with E-state index in [1.807, 2.05) is 0 Å². The van der Waals surface area contributed by atoms with Gasteiger partial charge < -0.3 is 0 Å². The Morgan fingerprint density at radius 1 is 1.47 bits per heavy atom. The molecule has 1 fully saturated rings. The topological polar surface area (TPSA) is 80.5 Å². The number of nitrogens with zero attached hydrogens (tertiary/aromatic N) is 2. The van der Waals surface area contributed by atoms with Gasteiger partial charge in [-0.05, 0) is 25.8 Å². The average Bonchev–Trinajstić information content (AvgIpc) is 2.75. The van der Waals surface area contributed by atoms with Crippen LogP contribution in [0.15, 0.2) is 23.1 Å². The first-order valence-electron chi connectivity index (χ1n) is 5.80. The Hall–Kier alpha value is -1.54. The van der Waals surface area contributed by atoms with E-state index in [0.29, 0.717) is 12.6 Å². The van der Waals surface area contributed by atoms with Crippen molar-refractivity contribution in [3.05, 3.63) is 34.1 Å². The van der Waals surface area contributed by atoms with Crippen molar-refractivity contribution < 1.29 is 17.7 Å². The Labute approximate surface area is 110 Å². The molecule has 1 heterocycles. The summed E-state index contributed by atoms with van der Waals surface area (Å²) in [6.45, 7) is 2.18. The van der Waals surface area contributed by atoms with E-state index in [-0.39, 0.29) is 10.9 Å². The molecule has 8 heteroatoms. The van der Waals surface area contributed by atoms with Gasteiger partial charge in [-0.15, -0.1) is 0 Å². The molecule has 0 spiro atoms. The summed E-state index contributed by atoms with van der Waals surface area (Å²) < 4.78 is 39.3. The van der Waals surface area contributed by atoms with Gasteiger partial charge in [0.2, 0.25) is 15.8 Å². The van der Waals surface area contributed by atoms with E-state index in [2.05, 4.69) is 0 Å². The molecule has 1 saturated heterocycles. The lowest BCUT2D eigenvalue weighted by Gasteiger charge is -2.20. The Kier molecular flexibility index (Phi) is 3.55. The quantitative estimate of drug-likeness (QED) is 0.628. The fourth-order valence-corrected chi connectivity index (χ4v) is 3.91. The number of halogens is 1. The van der Waals surface area contributed by atoms with Gasteiger partial charge in [-0.25, -0.2) is 8.42 Å². The van der Waals surface area contributed by atoms with Gasteiger partial charge >= 0.3 is 5.69 Å². The van der Waals surface area contributed by atoms with Gasteiger partial charge in [-0.2, -0.15) is 8.70 Å². The van der Waals surface area contributed by atoms with Crippen LogP contribution in [0.4, 0.5) is 10.1 Å². The van der Waals surface area contributed by atoms with E-state index in [0.717, 1.165) is 25.0 Å². The molecule has 1 aliphatic heterocycles. The van der Waals surface area contributed by atoms with E-state index < -0.39 is 26.5 Å². The maximum Gasteiger partial charge on any atom is 0.304 e. The molecular weight excluding hydrogens is 275 g/mol. The highest BCUT2D eigenvalue weighted by molar-refractivity contribution is 7.89. The summed E-state index contributed by atoms with van der Waals surface area (Å²) in [6, 6.07) is 2.52. The molecule has 0 radical (unpaired) electrons. The molecular formula is C11H13FN2O4S. The van der Waals surface area contributed by atoms with Crippen LogP contribution >= 0.6 is 0 Å². The largest absolute Gasteiger partial charge is 0.304 e. The van der Waals surface area contributed by atoms with Crippen molar-refractivity contribution in [2.24, 2.45) is 0 Å². The smallest absolute Gasteiger partial charge is 0.258 e. The fraction of sp³-hybridized carbons (Fsp3) is 0.455.